The molecule has 1 unspecified atom stereocenters. The Labute approximate surface area is 142 Å². The molecule has 1 atom stereocenters. The van der Waals surface area contributed by atoms with E-state index < -0.39 is 10.0 Å². The molecule has 2 aliphatic rings. The fourth-order valence-electron chi connectivity index (χ4n) is 3.05. The zero-order chi connectivity index (χ0) is 17.5. The van der Waals surface area contributed by atoms with Crippen LogP contribution in [0.5, 0.6) is 5.75 Å². The van der Waals surface area contributed by atoms with Gasteiger partial charge in [-0.15, -0.1) is 0 Å². The van der Waals surface area contributed by atoms with E-state index in [9.17, 15) is 13.2 Å². The minimum absolute atomic E-state index is 0.124. The molecule has 132 valence electrons. The third-order valence-corrected chi connectivity index (χ3v) is 6.36. The van der Waals surface area contributed by atoms with Gasteiger partial charge in [0.1, 0.15) is 11.9 Å². The lowest BCUT2D eigenvalue weighted by Gasteiger charge is -2.34. The molecule has 1 amide bonds. The molecule has 0 bridgehead atoms. The molecule has 24 heavy (non-hydrogen) atoms. The number of carbonyl (C=O) groups is 1. The third kappa shape index (κ3) is 3.13. The number of nitrogens with zero attached hydrogens (tertiary/aromatic N) is 3. The Hall–Kier alpha value is -1.64. The zero-order valence-electron chi connectivity index (χ0n) is 14.2. The van der Waals surface area contributed by atoms with E-state index in [-0.39, 0.29) is 16.9 Å². The number of hydrogen-bond donors (Lipinski definition) is 0. The van der Waals surface area contributed by atoms with E-state index in [2.05, 4.69) is 4.90 Å². The van der Waals surface area contributed by atoms with Crippen LogP contribution in [-0.4, -0.2) is 69.4 Å². The van der Waals surface area contributed by atoms with E-state index in [1.165, 1.54) is 11.2 Å². The number of anilines is 1. The average Bonchev–Trinajstić information content (AvgIpc) is 2.53. The Balaban J connectivity index is 1.95. The number of hydrogen-bond acceptors (Lipinski definition) is 5. The van der Waals surface area contributed by atoms with E-state index in [1.807, 2.05) is 14.0 Å². The molecule has 0 spiro atoms. The molecule has 2 aliphatic heterocycles. The quantitative estimate of drug-likeness (QED) is 0.785. The van der Waals surface area contributed by atoms with Crippen LogP contribution in [0.1, 0.15) is 13.8 Å². The van der Waals surface area contributed by atoms with Gasteiger partial charge >= 0.3 is 0 Å². The van der Waals surface area contributed by atoms with Crippen molar-refractivity contribution in [2.75, 3.05) is 44.7 Å². The Kier molecular flexibility index (Phi) is 4.54. The number of sulfonamides is 1. The highest BCUT2D eigenvalue weighted by Gasteiger charge is 2.31. The van der Waals surface area contributed by atoms with Gasteiger partial charge in [0.15, 0.2) is 0 Å². The number of ether oxygens (including phenoxy) is 1. The van der Waals surface area contributed by atoms with Crippen LogP contribution in [0.3, 0.4) is 0 Å². The summed E-state index contributed by atoms with van der Waals surface area (Å²) < 4.78 is 33.0. The third-order valence-electron chi connectivity index (χ3n) is 4.47. The molecule has 1 fully saturated rings. The molecular weight excluding hydrogens is 330 g/mol. The molecule has 1 aromatic carbocycles. The predicted octanol–water partition coefficient (Wildman–Crippen LogP) is 0.757. The van der Waals surface area contributed by atoms with Gasteiger partial charge in [-0.25, -0.2) is 8.42 Å². The molecule has 8 heteroatoms. The molecule has 0 saturated carbocycles. The van der Waals surface area contributed by atoms with Crippen molar-refractivity contribution >= 4 is 21.6 Å². The molecule has 0 radical (unpaired) electrons. The first-order valence-electron chi connectivity index (χ1n) is 8.06. The summed E-state index contributed by atoms with van der Waals surface area (Å²) in [5.41, 5.74) is 0.524. The van der Waals surface area contributed by atoms with Crippen LogP contribution < -0.4 is 9.64 Å². The van der Waals surface area contributed by atoms with Crippen molar-refractivity contribution in [1.82, 2.24) is 9.21 Å². The van der Waals surface area contributed by atoms with Gasteiger partial charge in [0.05, 0.1) is 17.1 Å². The van der Waals surface area contributed by atoms with Crippen molar-refractivity contribution in [2.24, 2.45) is 0 Å². The number of rotatable bonds is 2. The molecule has 2 heterocycles. The van der Waals surface area contributed by atoms with Gasteiger partial charge in [-0.05, 0) is 32.2 Å². The Morgan fingerprint density at radius 2 is 1.88 bits per heavy atom. The molecule has 0 aromatic heterocycles. The monoisotopic (exact) mass is 353 g/mol. The number of amides is 1. The lowest BCUT2D eigenvalue weighted by molar-refractivity contribution is -0.117. The van der Waals surface area contributed by atoms with Crippen LogP contribution in [0.25, 0.3) is 0 Å². The van der Waals surface area contributed by atoms with E-state index in [0.29, 0.717) is 44.2 Å². The van der Waals surface area contributed by atoms with Crippen molar-refractivity contribution in [2.45, 2.75) is 24.8 Å². The maximum absolute atomic E-state index is 12.9. The number of fused-ring (bicyclic) bond motifs is 1. The summed E-state index contributed by atoms with van der Waals surface area (Å²) in [5.74, 6) is 0.418. The van der Waals surface area contributed by atoms with Crippen LogP contribution in [0.4, 0.5) is 5.69 Å². The SMILES string of the molecule is CC(=O)N1CC(C)Oc2ccc(S(=O)(=O)N3CCN(C)CC3)cc21. The maximum atomic E-state index is 12.9. The van der Waals surface area contributed by atoms with Crippen LogP contribution >= 0.6 is 0 Å². The summed E-state index contributed by atoms with van der Waals surface area (Å²) >= 11 is 0. The first-order chi connectivity index (χ1) is 11.3. The topological polar surface area (TPSA) is 70.2 Å². The van der Waals surface area contributed by atoms with E-state index in [1.54, 1.807) is 23.1 Å². The number of carbonyl (C=O) groups excluding carboxylic acids is 1. The molecule has 0 aliphatic carbocycles. The van der Waals surface area contributed by atoms with Crippen molar-refractivity contribution in [1.29, 1.82) is 0 Å². The van der Waals surface area contributed by atoms with Crippen molar-refractivity contribution in [3.05, 3.63) is 18.2 Å². The molecule has 3 rings (SSSR count). The fourth-order valence-corrected chi connectivity index (χ4v) is 4.50. The van der Waals surface area contributed by atoms with E-state index in [4.69, 9.17) is 4.74 Å². The minimum Gasteiger partial charge on any atom is -0.487 e. The van der Waals surface area contributed by atoms with Crippen LogP contribution in [0.2, 0.25) is 0 Å². The minimum atomic E-state index is -3.57. The summed E-state index contributed by atoms with van der Waals surface area (Å²) in [5, 5.41) is 0. The standard InChI is InChI=1S/C16H23N3O4S/c1-12-11-19(13(2)20)15-10-14(4-5-16(15)23-12)24(21,22)18-8-6-17(3)7-9-18/h4-5,10,12H,6-9,11H2,1-3H3. The van der Waals surface area contributed by atoms with E-state index >= 15 is 0 Å². The first-order valence-corrected chi connectivity index (χ1v) is 9.50. The van der Waals surface area contributed by atoms with Gasteiger partial charge in [0.25, 0.3) is 0 Å². The van der Waals surface area contributed by atoms with Crippen molar-refractivity contribution < 1.29 is 17.9 Å². The lowest BCUT2D eigenvalue weighted by atomic mass is 10.2. The highest BCUT2D eigenvalue weighted by Crippen LogP contribution is 2.36. The summed E-state index contributed by atoms with van der Waals surface area (Å²) in [6, 6.07) is 4.75. The predicted molar refractivity (Wildman–Crippen MR) is 90.8 cm³/mol. The Morgan fingerprint density at radius 3 is 2.50 bits per heavy atom. The second-order valence-electron chi connectivity index (χ2n) is 6.39. The average molecular weight is 353 g/mol. The molecule has 1 saturated heterocycles. The highest BCUT2D eigenvalue weighted by atomic mass is 32.2. The van der Waals surface area contributed by atoms with Crippen molar-refractivity contribution in [3.63, 3.8) is 0 Å². The second-order valence-corrected chi connectivity index (χ2v) is 8.33. The molecular formula is C16H23N3O4S. The highest BCUT2D eigenvalue weighted by molar-refractivity contribution is 7.89. The smallest absolute Gasteiger partial charge is 0.243 e. The van der Waals surface area contributed by atoms with Crippen LogP contribution in [0.15, 0.2) is 23.1 Å². The number of benzene rings is 1. The van der Waals surface area contributed by atoms with Gasteiger partial charge < -0.3 is 14.5 Å². The summed E-state index contributed by atoms with van der Waals surface area (Å²) in [4.78, 5) is 15.8. The van der Waals surface area contributed by atoms with Gasteiger partial charge in [-0.2, -0.15) is 4.31 Å². The Morgan fingerprint density at radius 1 is 1.21 bits per heavy atom. The fraction of sp³-hybridized carbons (Fsp3) is 0.562. The maximum Gasteiger partial charge on any atom is 0.243 e. The second kappa shape index (κ2) is 6.34. The lowest BCUT2D eigenvalue weighted by Crippen LogP contribution is -2.47. The van der Waals surface area contributed by atoms with Crippen molar-refractivity contribution in [3.8, 4) is 5.75 Å². The molecule has 0 N–H and O–H groups in total. The summed E-state index contributed by atoms with van der Waals surface area (Å²) in [7, 11) is -1.59. The van der Waals surface area contributed by atoms with Gasteiger partial charge in [-0.1, -0.05) is 0 Å². The summed E-state index contributed by atoms with van der Waals surface area (Å²) in [6.45, 7) is 6.14. The zero-order valence-corrected chi connectivity index (χ0v) is 15.0. The molecule has 7 nitrogen and oxygen atoms in total. The number of piperazine rings is 1. The Bertz CT molecular complexity index is 742. The van der Waals surface area contributed by atoms with E-state index in [0.717, 1.165) is 0 Å². The summed E-state index contributed by atoms with van der Waals surface area (Å²) in [6.07, 6.45) is -0.124. The normalized spacial score (nSPS) is 22.8. The number of likely N-dealkylation sites (N-methyl/N-ethyl adjacent to an activating group) is 1. The largest absolute Gasteiger partial charge is 0.487 e. The first kappa shape index (κ1) is 17.2. The molecule has 1 aromatic rings. The van der Waals surface area contributed by atoms with Gasteiger partial charge in [0.2, 0.25) is 15.9 Å². The van der Waals surface area contributed by atoms with Gasteiger partial charge in [0, 0.05) is 33.1 Å². The van der Waals surface area contributed by atoms with Crippen LogP contribution in [0, 0.1) is 0 Å². The van der Waals surface area contributed by atoms with Gasteiger partial charge in [-0.3, -0.25) is 4.79 Å². The van der Waals surface area contributed by atoms with Crippen LogP contribution in [-0.2, 0) is 14.8 Å².